The van der Waals surface area contributed by atoms with Crippen LogP contribution in [0.2, 0.25) is 0 Å². The van der Waals surface area contributed by atoms with Crippen LogP contribution in [0.15, 0.2) is 48.5 Å². The summed E-state index contributed by atoms with van der Waals surface area (Å²) in [6, 6.07) is 15.2. The van der Waals surface area contributed by atoms with Crippen LogP contribution in [-0.4, -0.2) is 6.09 Å². The maximum absolute atomic E-state index is 13.6. The zero-order valence-electron chi connectivity index (χ0n) is 11.2. The third-order valence-corrected chi connectivity index (χ3v) is 2.82. The van der Waals surface area contributed by atoms with Gasteiger partial charge in [0.25, 0.3) is 0 Å². The Morgan fingerprint density at radius 2 is 2.00 bits per heavy atom. The number of nitrogens with zero attached hydrogens (tertiary/aromatic N) is 1. The highest BCUT2D eigenvalue weighted by Crippen LogP contribution is 2.09. The normalized spacial score (nSPS) is 9.71. The van der Waals surface area contributed by atoms with Gasteiger partial charge in [0.2, 0.25) is 0 Å². The van der Waals surface area contributed by atoms with E-state index in [9.17, 15) is 9.18 Å². The van der Waals surface area contributed by atoms with E-state index in [1.807, 2.05) is 36.4 Å². The number of amides is 1. The molecule has 2 aromatic rings. The highest BCUT2D eigenvalue weighted by Gasteiger charge is 2.07. The van der Waals surface area contributed by atoms with E-state index in [4.69, 9.17) is 10.00 Å². The number of alkyl carbamates (subject to hydrolysis) is 1. The van der Waals surface area contributed by atoms with Gasteiger partial charge in [-0.15, -0.1) is 0 Å². The van der Waals surface area contributed by atoms with Gasteiger partial charge in [0.1, 0.15) is 12.4 Å². The van der Waals surface area contributed by atoms with Crippen LogP contribution in [-0.2, 0) is 17.9 Å². The van der Waals surface area contributed by atoms with Crippen LogP contribution in [0.1, 0.15) is 16.7 Å². The number of hydrogen-bond donors (Lipinski definition) is 1. The second-order valence-electron chi connectivity index (χ2n) is 4.33. The van der Waals surface area contributed by atoms with Crippen molar-refractivity contribution in [2.75, 3.05) is 0 Å². The molecule has 1 N–H and O–H groups in total. The number of ether oxygens (including phenoxy) is 1. The number of rotatable bonds is 4. The first kappa shape index (κ1) is 14.5. The molecule has 0 bridgehead atoms. The van der Waals surface area contributed by atoms with Crippen LogP contribution < -0.4 is 5.32 Å². The Hall–Kier alpha value is -2.87. The Morgan fingerprint density at radius 1 is 1.24 bits per heavy atom. The summed E-state index contributed by atoms with van der Waals surface area (Å²) in [6.45, 7) is 0.160. The molecule has 0 unspecified atom stereocenters. The fourth-order valence-corrected chi connectivity index (χ4v) is 1.70. The monoisotopic (exact) mass is 284 g/mol. The van der Waals surface area contributed by atoms with Crippen molar-refractivity contribution in [3.05, 3.63) is 71.0 Å². The summed E-state index contributed by atoms with van der Waals surface area (Å²) < 4.78 is 18.6. The highest BCUT2D eigenvalue weighted by molar-refractivity contribution is 5.67. The Labute approximate surface area is 121 Å². The van der Waals surface area contributed by atoms with E-state index in [0.29, 0.717) is 5.56 Å². The van der Waals surface area contributed by atoms with Gasteiger partial charge < -0.3 is 10.1 Å². The zero-order valence-corrected chi connectivity index (χ0v) is 11.2. The lowest BCUT2D eigenvalue weighted by Gasteiger charge is -2.08. The van der Waals surface area contributed by atoms with Crippen LogP contribution in [0.4, 0.5) is 9.18 Å². The van der Waals surface area contributed by atoms with Gasteiger partial charge >= 0.3 is 6.09 Å². The molecule has 0 fully saturated rings. The van der Waals surface area contributed by atoms with E-state index < -0.39 is 11.9 Å². The summed E-state index contributed by atoms with van der Waals surface area (Å²) in [6.07, 6.45) is -0.623. The van der Waals surface area contributed by atoms with Crippen molar-refractivity contribution in [2.45, 2.75) is 13.2 Å². The topological polar surface area (TPSA) is 62.1 Å². The third-order valence-electron chi connectivity index (χ3n) is 2.82. The molecule has 0 radical (unpaired) electrons. The molecule has 0 aliphatic carbocycles. The fraction of sp³-hybridized carbons (Fsp3) is 0.125. The summed E-state index contributed by atoms with van der Waals surface area (Å²) in [7, 11) is 0. The lowest BCUT2D eigenvalue weighted by Crippen LogP contribution is -2.24. The first-order chi connectivity index (χ1) is 10.2. The van der Waals surface area contributed by atoms with E-state index in [-0.39, 0.29) is 18.7 Å². The molecule has 2 rings (SSSR count). The van der Waals surface area contributed by atoms with Crippen molar-refractivity contribution in [1.82, 2.24) is 5.32 Å². The Kier molecular flexibility index (Phi) is 4.89. The van der Waals surface area contributed by atoms with E-state index >= 15 is 0 Å². The molecule has 0 aliphatic heterocycles. The van der Waals surface area contributed by atoms with E-state index in [2.05, 4.69) is 5.32 Å². The van der Waals surface area contributed by atoms with Crippen molar-refractivity contribution >= 4 is 6.09 Å². The fourth-order valence-electron chi connectivity index (χ4n) is 1.70. The van der Waals surface area contributed by atoms with Crippen molar-refractivity contribution in [3.8, 4) is 6.07 Å². The molecule has 5 heteroatoms. The molecule has 0 aliphatic rings. The molecule has 2 aromatic carbocycles. The summed E-state index contributed by atoms with van der Waals surface area (Å²) in [5.41, 5.74) is 1.41. The predicted octanol–water partition coefficient (Wildman–Crippen LogP) is 3.12. The molecule has 106 valence electrons. The summed E-state index contributed by atoms with van der Waals surface area (Å²) in [5.74, 6) is -0.530. The quantitative estimate of drug-likeness (QED) is 0.938. The molecule has 0 saturated heterocycles. The van der Waals surface area contributed by atoms with Gasteiger partial charge in [-0.05, 0) is 17.7 Å². The molecule has 21 heavy (non-hydrogen) atoms. The minimum Gasteiger partial charge on any atom is -0.445 e. The number of hydrogen-bond acceptors (Lipinski definition) is 3. The Balaban J connectivity index is 1.83. The molecule has 0 atom stereocenters. The third kappa shape index (κ3) is 4.32. The predicted molar refractivity (Wildman–Crippen MR) is 74.6 cm³/mol. The van der Waals surface area contributed by atoms with Gasteiger partial charge in [0.15, 0.2) is 0 Å². The number of benzene rings is 2. The minimum atomic E-state index is -0.623. The number of halogens is 1. The lowest BCUT2D eigenvalue weighted by molar-refractivity contribution is 0.139. The van der Waals surface area contributed by atoms with Crippen molar-refractivity contribution in [1.29, 1.82) is 5.26 Å². The number of nitriles is 1. The smallest absolute Gasteiger partial charge is 0.407 e. The van der Waals surface area contributed by atoms with Crippen LogP contribution in [0, 0.1) is 17.1 Å². The van der Waals surface area contributed by atoms with E-state index in [0.717, 1.165) is 11.6 Å². The van der Waals surface area contributed by atoms with Gasteiger partial charge in [-0.3, -0.25) is 0 Å². The van der Waals surface area contributed by atoms with Crippen molar-refractivity contribution < 1.29 is 13.9 Å². The van der Waals surface area contributed by atoms with Crippen LogP contribution >= 0.6 is 0 Å². The standard InChI is InChI=1S/C16H13FN2O2/c17-15-8-13(9-18)6-7-14(15)10-19-16(20)21-11-12-4-2-1-3-5-12/h1-8H,10-11H2,(H,19,20). The molecule has 4 nitrogen and oxygen atoms in total. The molecule has 0 saturated carbocycles. The molecule has 0 spiro atoms. The molecular formula is C16H13FN2O2. The summed E-state index contributed by atoms with van der Waals surface area (Å²) in [5, 5.41) is 11.1. The summed E-state index contributed by atoms with van der Waals surface area (Å²) >= 11 is 0. The average Bonchev–Trinajstić information content (AvgIpc) is 2.52. The number of carbonyl (C=O) groups is 1. The molecule has 0 aromatic heterocycles. The zero-order chi connectivity index (χ0) is 15.1. The maximum atomic E-state index is 13.6. The second-order valence-corrected chi connectivity index (χ2v) is 4.33. The van der Waals surface area contributed by atoms with Crippen LogP contribution in [0.25, 0.3) is 0 Å². The average molecular weight is 284 g/mol. The first-order valence-corrected chi connectivity index (χ1v) is 6.32. The summed E-state index contributed by atoms with van der Waals surface area (Å²) in [4.78, 5) is 11.5. The van der Waals surface area contributed by atoms with Gasteiger partial charge in [-0.25, -0.2) is 9.18 Å². The second kappa shape index (κ2) is 7.06. The molecular weight excluding hydrogens is 271 g/mol. The van der Waals surface area contributed by atoms with Crippen molar-refractivity contribution in [2.24, 2.45) is 0 Å². The number of carbonyl (C=O) groups excluding carboxylic acids is 1. The van der Waals surface area contributed by atoms with E-state index in [1.54, 1.807) is 0 Å². The molecule has 1 amide bonds. The van der Waals surface area contributed by atoms with E-state index in [1.165, 1.54) is 12.1 Å². The van der Waals surface area contributed by atoms with Gasteiger partial charge in [0, 0.05) is 12.1 Å². The largest absolute Gasteiger partial charge is 0.445 e. The van der Waals surface area contributed by atoms with Gasteiger partial charge in [0.05, 0.1) is 11.6 Å². The first-order valence-electron chi connectivity index (χ1n) is 6.32. The van der Waals surface area contributed by atoms with Gasteiger partial charge in [-0.2, -0.15) is 5.26 Å². The van der Waals surface area contributed by atoms with Crippen LogP contribution in [0.3, 0.4) is 0 Å². The maximum Gasteiger partial charge on any atom is 0.407 e. The Morgan fingerprint density at radius 3 is 2.67 bits per heavy atom. The lowest BCUT2D eigenvalue weighted by atomic mass is 10.1. The van der Waals surface area contributed by atoms with Gasteiger partial charge in [-0.1, -0.05) is 36.4 Å². The minimum absolute atomic E-state index is 0.00512. The molecule has 0 heterocycles. The van der Waals surface area contributed by atoms with Crippen molar-refractivity contribution in [3.63, 3.8) is 0 Å². The highest BCUT2D eigenvalue weighted by atomic mass is 19.1. The Bertz CT molecular complexity index is 666. The SMILES string of the molecule is N#Cc1ccc(CNC(=O)OCc2ccccc2)c(F)c1. The van der Waals surface area contributed by atoms with Crippen LogP contribution in [0.5, 0.6) is 0 Å². The number of nitrogens with one attached hydrogen (secondary N) is 1.